The van der Waals surface area contributed by atoms with Crippen LogP contribution in [-0.4, -0.2) is 110 Å². The van der Waals surface area contributed by atoms with E-state index >= 15 is 0 Å². The topological polar surface area (TPSA) is 227 Å². The fourth-order valence-electron chi connectivity index (χ4n) is 11.2. The summed E-state index contributed by atoms with van der Waals surface area (Å²) in [7, 11) is -0.632. The number of phenols is 2. The lowest BCUT2D eigenvalue weighted by Crippen LogP contribution is -2.65. The SMILES string of the molecule is CC/C(=C\C(=C/N)C(=O)NC(Cc1ccccc1)C(=O)NC(CC(C)C)B1O[C@@H]2CC3CC(C3(C)C)[C@]2(C)O1)OC(=O)N1CCN(Cc2ccc(-n3c(-c4cc(C(C)C)c(O)cc4O)n[nH]c3=O)cc2)CC1. The van der Waals surface area contributed by atoms with Gasteiger partial charge in [0.05, 0.1) is 34.5 Å². The van der Waals surface area contributed by atoms with Crippen molar-refractivity contribution in [2.75, 3.05) is 26.2 Å². The minimum absolute atomic E-state index is 0.0316. The van der Waals surface area contributed by atoms with Gasteiger partial charge in [-0.15, -0.1) is 0 Å². The highest BCUT2D eigenvalue weighted by Crippen LogP contribution is 2.65. The van der Waals surface area contributed by atoms with E-state index in [9.17, 15) is 29.4 Å². The lowest BCUT2D eigenvalue weighted by Gasteiger charge is -2.64. The van der Waals surface area contributed by atoms with Crippen LogP contribution in [0.4, 0.5) is 4.79 Å². The van der Waals surface area contributed by atoms with Crippen molar-refractivity contribution in [1.82, 2.24) is 35.2 Å². The Bertz CT molecular complexity index is 2730. The molecule has 2 aliphatic heterocycles. The molecule has 3 aliphatic carbocycles. The van der Waals surface area contributed by atoms with E-state index in [0.717, 1.165) is 30.2 Å². The van der Waals surface area contributed by atoms with Gasteiger partial charge in [0, 0.05) is 57.8 Å². The summed E-state index contributed by atoms with van der Waals surface area (Å²) < 4.78 is 20.7. The van der Waals surface area contributed by atoms with Gasteiger partial charge in [0.1, 0.15) is 23.3 Å². The Kier molecular flexibility index (Phi) is 15.4. The third kappa shape index (κ3) is 10.9. The van der Waals surface area contributed by atoms with Gasteiger partial charge in [0.25, 0.3) is 5.91 Å². The number of ether oxygens (including phenoxy) is 1. The molecule has 3 saturated carbocycles. The van der Waals surface area contributed by atoms with E-state index in [0.29, 0.717) is 74.2 Å². The third-order valence-corrected chi connectivity index (χ3v) is 15.5. The molecule has 1 aromatic heterocycles. The number of H-pyrrole nitrogens is 1. The van der Waals surface area contributed by atoms with Crippen LogP contribution in [0.3, 0.4) is 0 Å². The second-order valence-electron chi connectivity index (χ2n) is 21.5. The molecule has 384 valence electrons. The van der Waals surface area contributed by atoms with Gasteiger partial charge >= 0.3 is 18.9 Å². The summed E-state index contributed by atoms with van der Waals surface area (Å²) in [6, 6.07) is 18.9. The molecule has 72 heavy (non-hydrogen) atoms. The van der Waals surface area contributed by atoms with Gasteiger partial charge in [0.15, 0.2) is 5.82 Å². The number of hydrogen-bond acceptors (Lipinski definition) is 12. The monoisotopic (exact) mass is 987 g/mol. The zero-order valence-corrected chi connectivity index (χ0v) is 42.8. The number of carbonyl (C=O) groups excluding carboxylic acids is 3. The molecule has 3 amide bonds. The number of amides is 3. The zero-order valence-electron chi connectivity index (χ0n) is 42.8. The number of aromatic amines is 1. The van der Waals surface area contributed by atoms with Gasteiger partial charge in [-0.25, -0.2) is 19.3 Å². The molecule has 17 nitrogen and oxygen atoms in total. The summed E-state index contributed by atoms with van der Waals surface area (Å²) in [5.41, 5.74) is 8.65. The van der Waals surface area contributed by atoms with E-state index in [1.54, 1.807) is 11.0 Å². The number of hydrogen-bond donors (Lipinski definition) is 6. The predicted octanol–water partition coefficient (Wildman–Crippen LogP) is 6.68. The number of allylic oxidation sites excluding steroid dienone is 1. The quantitative estimate of drug-likeness (QED) is 0.0282. The van der Waals surface area contributed by atoms with Crippen molar-refractivity contribution in [3.8, 4) is 28.6 Å². The summed E-state index contributed by atoms with van der Waals surface area (Å²) in [6.45, 7) is 19.2. The van der Waals surface area contributed by atoms with E-state index in [-0.39, 0.29) is 64.3 Å². The summed E-state index contributed by atoms with van der Waals surface area (Å²) in [5.74, 6) is -0.0669. The van der Waals surface area contributed by atoms with Gasteiger partial charge in [-0.05, 0) is 96.2 Å². The van der Waals surface area contributed by atoms with Gasteiger partial charge in [-0.3, -0.25) is 14.5 Å². The molecule has 9 rings (SSSR count). The smallest absolute Gasteiger partial charge is 0.481 e. The second kappa shape index (κ2) is 21.4. The maximum absolute atomic E-state index is 14.4. The highest BCUT2D eigenvalue weighted by atomic mass is 16.7. The number of aromatic hydroxyl groups is 2. The Morgan fingerprint density at radius 1 is 0.958 bits per heavy atom. The average molecular weight is 987 g/mol. The first-order valence-electron chi connectivity index (χ1n) is 25.4. The van der Waals surface area contributed by atoms with E-state index < -0.39 is 42.4 Å². The van der Waals surface area contributed by atoms with E-state index in [1.165, 1.54) is 16.7 Å². The highest BCUT2D eigenvalue weighted by molar-refractivity contribution is 6.48. The van der Waals surface area contributed by atoms with Gasteiger partial charge in [-0.2, -0.15) is 5.10 Å². The molecule has 0 radical (unpaired) electrons. The summed E-state index contributed by atoms with van der Waals surface area (Å²) in [5, 5.41) is 33.9. The van der Waals surface area contributed by atoms with Gasteiger partial charge in [0.2, 0.25) is 5.91 Å². The van der Waals surface area contributed by atoms with E-state index in [4.69, 9.17) is 19.8 Å². The number of piperazine rings is 1. The Morgan fingerprint density at radius 3 is 2.31 bits per heavy atom. The van der Waals surface area contributed by atoms with Crippen molar-refractivity contribution in [2.24, 2.45) is 28.9 Å². The van der Waals surface area contributed by atoms with Crippen LogP contribution < -0.4 is 22.1 Å². The molecular weight excluding hydrogens is 915 g/mol. The third-order valence-electron chi connectivity index (χ3n) is 15.5. The standard InChI is InChI=1S/C54H71BN8O9/c1-9-39(70-52(69)62-21-19-61(20-22-62)31-35-15-17-38(18-16-35)63-48(59-60-51(63)68)41-28-40(33(4)5)43(64)29-44(41)65)25-36(30-56)49(66)57-42(24-34-13-11-10-12-14-34)50(67)58-47(23-32(2)3)55-71-46-27-37-26-45(53(37,6)7)54(46,8)72-55/h10-18,25,28-30,32-33,37,42,45-47,64-65H,9,19-24,26-27,31,56H2,1-8H3,(H,57,66)(H,58,67)(H,60,68)/b36-30+,39-25+/t37?,42?,45?,46-,47?,54+/m1/s1. The minimum atomic E-state index is -0.982. The summed E-state index contributed by atoms with van der Waals surface area (Å²) >= 11 is 0. The number of nitrogens with zero attached hydrogens (tertiary/aromatic N) is 4. The van der Waals surface area contributed by atoms with Gasteiger partial charge in [-0.1, -0.05) is 90.9 Å². The fraction of sp³-hybridized carbons (Fsp3) is 0.500. The van der Waals surface area contributed by atoms with Crippen LogP contribution in [-0.2, 0) is 36.6 Å². The summed E-state index contributed by atoms with van der Waals surface area (Å²) in [4.78, 5) is 58.8. The maximum Gasteiger partial charge on any atom is 0.481 e. The van der Waals surface area contributed by atoms with Crippen molar-refractivity contribution < 1.29 is 38.6 Å². The molecule has 2 bridgehead atoms. The highest BCUT2D eigenvalue weighted by Gasteiger charge is 2.68. The molecule has 18 heteroatoms. The Labute approximate surface area is 422 Å². The molecular formula is C54H71BN8O9. The number of carbonyl (C=O) groups is 3. The molecule has 2 saturated heterocycles. The zero-order chi connectivity index (χ0) is 51.6. The fourth-order valence-corrected chi connectivity index (χ4v) is 11.2. The van der Waals surface area contributed by atoms with Crippen LogP contribution in [0.1, 0.15) is 104 Å². The number of rotatable bonds is 17. The van der Waals surface area contributed by atoms with Crippen LogP contribution in [0.25, 0.3) is 17.1 Å². The molecule has 3 aromatic carbocycles. The van der Waals surface area contributed by atoms with Crippen molar-refractivity contribution in [2.45, 2.75) is 124 Å². The first-order valence-corrected chi connectivity index (χ1v) is 25.4. The number of benzene rings is 3. The number of phenolic OH excluding ortho intramolecular Hbond substituents is 2. The first kappa shape index (κ1) is 52.0. The number of nitrogens with one attached hydrogen (secondary N) is 3. The lowest BCUT2D eigenvalue weighted by molar-refractivity contribution is -0.199. The van der Waals surface area contributed by atoms with Crippen LogP contribution in [0.2, 0.25) is 0 Å². The van der Waals surface area contributed by atoms with Crippen LogP contribution >= 0.6 is 0 Å². The number of nitrogens with two attached hydrogens (primary N) is 1. The molecule has 0 spiro atoms. The second-order valence-corrected chi connectivity index (χ2v) is 21.5. The van der Waals surface area contributed by atoms with Crippen molar-refractivity contribution in [3.63, 3.8) is 0 Å². The normalized spacial score (nSPS) is 22.8. The maximum atomic E-state index is 14.4. The van der Waals surface area contributed by atoms with Crippen molar-refractivity contribution in [3.05, 3.63) is 118 Å². The van der Waals surface area contributed by atoms with Crippen molar-refractivity contribution in [1.29, 1.82) is 0 Å². The minimum Gasteiger partial charge on any atom is -0.508 e. The molecule has 4 unspecified atom stereocenters. The predicted molar refractivity (Wildman–Crippen MR) is 275 cm³/mol. The number of aromatic nitrogens is 3. The van der Waals surface area contributed by atoms with Crippen molar-refractivity contribution >= 4 is 25.0 Å². The Morgan fingerprint density at radius 2 is 1.67 bits per heavy atom. The largest absolute Gasteiger partial charge is 0.508 e. The Balaban J connectivity index is 0.873. The Hall–Kier alpha value is -6.37. The molecule has 5 aliphatic rings. The molecule has 7 N–H and O–H groups in total. The average Bonchev–Trinajstić information content (AvgIpc) is 3.92. The molecule has 6 atom stereocenters. The van der Waals surface area contributed by atoms with Crippen LogP contribution in [0.5, 0.6) is 11.5 Å². The lowest BCUT2D eigenvalue weighted by atomic mass is 9.43. The first-order chi connectivity index (χ1) is 34.3. The summed E-state index contributed by atoms with van der Waals surface area (Å²) in [6.07, 6.45) is 5.16. The van der Waals surface area contributed by atoms with Crippen LogP contribution in [0, 0.1) is 23.2 Å². The van der Waals surface area contributed by atoms with Crippen LogP contribution in [0.15, 0.2) is 95.1 Å². The molecule has 3 heterocycles. The van der Waals surface area contributed by atoms with E-state index in [1.807, 2.05) is 75.4 Å². The molecule has 4 aromatic rings. The van der Waals surface area contributed by atoms with Gasteiger partial charge < -0.3 is 45.5 Å². The molecule has 5 fully saturated rings. The van der Waals surface area contributed by atoms with E-state index in [2.05, 4.69) is 60.3 Å².